The average molecular weight is 392 g/mol. The third-order valence-electron chi connectivity index (χ3n) is 4.35. The monoisotopic (exact) mass is 391 g/mol. The van der Waals surface area contributed by atoms with Crippen LogP contribution < -0.4 is 11.1 Å². The molecule has 0 spiro atoms. The molecule has 1 aliphatic rings. The molecule has 3 N–H and O–H groups in total. The summed E-state index contributed by atoms with van der Waals surface area (Å²) in [5.74, 6) is -0.946. The first-order valence-electron chi connectivity index (χ1n) is 7.71. The topological polar surface area (TPSA) is 92.5 Å². The van der Waals surface area contributed by atoms with Crippen LogP contribution in [-0.4, -0.2) is 22.7 Å². The number of nitrogens with one attached hydrogen (secondary N) is 1. The third-order valence-corrected chi connectivity index (χ3v) is 5.09. The first kappa shape index (κ1) is 18.2. The van der Waals surface area contributed by atoms with Gasteiger partial charge in [0.2, 0.25) is 5.91 Å². The molecule has 1 atom stereocenters. The van der Waals surface area contributed by atoms with E-state index < -0.39 is 23.4 Å². The fraction of sp³-hybridized carbons (Fsp3) is 0.167. The van der Waals surface area contributed by atoms with Gasteiger partial charge < -0.3 is 11.1 Å². The highest BCUT2D eigenvalue weighted by atomic mass is 35.5. The summed E-state index contributed by atoms with van der Waals surface area (Å²) in [6.45, 7) is 1.68. The van der Waals surface area contributed by atoms with Crippen molar-refractivity contribution in [3.63, 3.8) is 0 Å². The zero-order chi connectivity index (χ0) is 19.1. The van der Waals surface area contributed by atoms with E-state index in [9.17, 15) is 14.4 Å². The number of hydrogen-bond acceptors (Lipinski definition) is 3. The van der Waals surface area contributed by atoms with Gasteiger partial charge in [0.25, 0.3) is 5.91 Å². The second-order valence-electron chi connectivity index (χ2n) is 6.14. The van der Waals surface area contributed by atoms with E-state index in [0.717, 1.165) is 4.90 Å². The molecule has 8 heteroatoms. The first-order valence-corrected chi connectivity index (χ1v) is 8.46. The van der Waals surface area contributed by atoms with Gasteiger partial charge in [0.1, 0.15) is 5.54 Å². The van der Waals surface area contributed by atoms with E-state index in [0.29, 0.717) is 26.7 Å². The normalized spacial score (nSPS) is 19.6. The number of carbonyl (C=O) groups is 3. The van der Waals surface area contributed by atoms with E-state index in [1.165, 1.54) is 0 Å². The van der Waals surface area contributed by atoms with E-state index in [1.54, 1.807) is 49.4 Å². The molecule has 2 aromatic rings. The largest absolute Gasteiger partial charge is 0.366 e. The summed E-state index contributed by atoms with van der Waals surface area (Å²) in [6.07, 6.45) is 0. The summed E-state index contributed by atoms with van der Waals surface area (Å²) in [5, 5.41) is 3.37. The molecule has 4 amide bonds. The maximum Gasteiger partial charge on any atom is 0.325 e. The number of nitrogens with zero attached hydrogens (tertiary/aromatic N) is 1. The molecule has 0 bridgehead atoms. The lowest BCUT2D eigenvalue weighted by molar-refractivity contribution is -0.131. The standard InChI is InChI=1S/C18H15Cl2N3O3/c1-18(12-6-7-13(19)14(20)8-12)16(25)23(17(26)22-18)9-10-2-4-11(5-3-10)15(21)24/h2-8H,9H2,1H3,(H2,21,24)(H,22,26)/t18-/m0/s1. The molecule has 1 fully saturated rings. The van der Waals surface area contributed by atoms with Gasteiger partial charge in [-0.2, -0.15) is 0 Å². The maximum absolute atomic E-state index is 12.9. The summed E-state index contributed by atoms with van der Waals surface area (Å²) in [5.41, 5.74) is 5.55. The van der Waals surface area contributed by atoms with Gasteiger partial charge in [-0.1, -0.05) is 41.4 Å². The van der Waals surface area contributed by atoms with Gasteiger partial charge in [-0.05, 0) is 42.3 Å². The smallest absolute Gasteiger partial charge is 0.325 e. The van der Waals surface area contributed by atoms with Crippen LogP contribution in [-0.2, 0) is 16.9 Å². The van der Waals surface area contributed by atoms with Crippen LogP contribution in [0.4, 0.5) is 4.79 Å². The summed E-state index contributed by atoms with van der Waals surface area (Å²) < 4.78 is 0. The van der Waals surface area contributed by atoms with Crippen LogP contribution in [0, 0.1) is 0 Å². The van der Waals surface area contributed by atoms with Crippen LogP contribution in [0.3, 0.4) is 0 Å². The fourth-order valence-electron chi connectivity index (χ4n) is 2.80. The Labute approximate surface area is 159 Å². The molecular weight excluding hydrogens is 377 g/mol. The quantitative estimate of drug-likeness (QED) is 0.784. The number of carbonyl (C=O) groups excluding carboxylic acids is 3. The van der Waals surface area contributed by atoms with Gasteiger partial charge in [-0.25, -0.2) is 4.79 Å². The molecule has 26 heavy (non-hydrogen) atoms. The highest BCUT2D eigenvalue weighted by molar-refractivity contribution is 6.42. The van der Waals surface area contributed by atoms with Gasteiger partial charge in [0.15, 0.2) is 0 Å². The van der Waals surface area contributed by atoms with Crippen molar-refractivity contribution in [1.29, 1.82) is 0 Å². The maximum atomic E-state index is 12.9. The Morgan fingerprint density at radius 2 is 1.77 bits per heavy atom. The second kappa shape index (κ2) is 6.63. The third kappa shape index (κ3) is 3.13. The summed E-state index contributed by atoms with van der Waals surface area (Å²) >= 11 is 12.0. The molecule has 0 radical (unpaired) electrons. The Kier molecular flexibility index (Phi) is 4.64. The SMILES string of the molecule is C[C@@]1(c2ccc(Cl)c(Cl)c2)NC(=O)N(Cc2ccc(C(N)=O)cc2)C1=O. The van der Waals surface area contributed by atoms with E-state index >= 15 is 0 Å². The van der Waals surface area contributed by atoms with Crippen LogP contribution >= 0.6 is 23.2 Å². The minimum Gasteiger partial charge on any atom is -0.366 e. The number of urea groups is 1. The number of benzene rings is 2. The number of halogens is 2. The second-order valence-corrected chi connectivity index (χ2v) is 6.95. The Morgan fingerprint density at radius 1 is 1.12 bits per heavy atom. The Balaban J connectivity index is 1.86. The molecule has 2 aromatic carbocycles. The van der Waals surface area contributed by atoms with Gasteiger partial charge >= 0.3 is 6.03 Å². The highest BCUT2D eigenvalue weighted by Gasteiger charge is 2.49. The summed E-state index contributed by atoms with van der Waals surface area (Å²) in [4.78, 5) is 37.5. The predicted octanol–water partition coefficient (Wildman–Crippen LogP) is 3.06. The van der Waals surface area contributed by atoms with Crippen LogP contribution in [0.15, 0.2) is 42.5 Å². The minimum absolute atomic E-state index is 0.0701. The number of imide groups is 1. The van der Waals surface area contributed by atoms with Crippen molar-refractivity contribution in [3.8, 4) is 0 Å². The lowest BCUT2D eigenvalue weighted by Gasteiger charge is -2.22. The van der Waals surface area contributed by atoms with Crippen LogP contribution in [0.1, 0.15) is 28.4 Å². The van der Waals surface area contributed by atoms with E-state index in [2.05, 4.69) is 5.32 Å². The highest BCUT2D eigenvalue weighted by Crippen LogP contribution is 2.33. The summed E-state index contributed by atoms with van der Waals surface area (Å²) in [7, 11) is 0. The zero-order valence-corrected chi connectivity index (χ0v) is 15.3. The number of rotatable bonds is 4. The van der Waals surface area contributed by atoms with Crippen molar-refractivity contribution in [2.24, 2.45) is 5.73 Å². The van der Waals surface area contributed by atoms with Gasteiger partial charge in [0.05, 0.1) is 16.6 Å². The van der Waals surface area contributed by atoms with Gasteiger partial charge in [-0.3, -0.25) is 14.5 Å². The van der Waals surface area contributed by atoms with E-state index in [-0.39, 0.29) is 6.54 Å². The van der Waals surface area contributed by atoms with Gasteiger partial charge in [0, 0.05) is 5.56 Å². The molecule has 6 nitrogen and oxygen atoms in total. The summed E-state index contributed by atoms with van der Waals surface area (Å²) in [6, 6.07) is 10.7. The Hall–Kier alpha value is -2.57. The molecule has 1 aliphatic heterocycles. The van der Waals surface area contributed by atoms with Gasteiger partial charge in [-0.15, -0.1) is 0 Å². The van der Waals surface area contributed by atoms with Crippen LogP contribution in [0.5, 0.6) is 0 Å². The number of amides is 4. The molecule has 0 saturated carbocycles. The number of hydrogen-bond donors (Lipinski definition) is 2. The Bertz CT molecular complexity index is 914. The molecule has 0 aliphatic carbocycles. The molecule has 1 heterocycles. The van der Waals surface area contributed by atoms with Crippen molar-refractivity contribution in [1.82, 2.24) is 10.2 Å². The molecule has 1 saturated heterocycles. The number of nitrogens with two attached hydrogens (primary N) is 1. The molecule has 0 aromatic heterocycles. The van der Waals surface area contributed by atoms with Crippen molar-refractivity contribution < 1.29 is 14.4 Å². The predicted molar refractivity (Wildman–Crippen MR) is 97.9 cm³/mol. The molecule has 134 valence electrons. The van der Waals surface area contributed by atoms with Crippen molar-refractivity contribution >= 4 is 41.0 Å². The molecular formula is C18H15Cl2N3O3. The molecule has 0 unspecified atom stereocenters. The average Bonchev–Trinajstić information content (AvgIpc) is 2.82. The van der Waals surface area contributed by atoms with E-state index in [1.807, 2.05) is 0 Å². The minimum atomic E-state index is -1.24. The fourth-order valence-corrected chi connectivity index (χ4v) is 3.10. The van der Waals surface area contributed by atoms with Crippen LogP contribution in [0.2, 0.25) is 10.0 Å². The first-order chi connectivity index (χ1) is 12.2. The lowest BCUT2D eigenvalue weighted by Crippen LogP contribution is -2.40. The van der Waals surface area contributed by atoms with Crippen LogP contribution in [0.25, 0.3) is 0 Å². The Morgan fingerprint density at radius 3 is 2.35 bits per heavy atom. The van der Waals surface area contributed by atoms with Crippen molar-refractivity contribution in [3.05, 3.63) is 69.2 Å². The van der Waals surface area contributed by atoms with E-state index in [4.69, 9.17) is 28.9 Å². The van der Waals surface area contributed by atoms with Crippen molar-refractivity contribution in [2.75, 3.05) is 0 Å². The lowest BCUT2D eigenvalue weighted by atomic mass is 9.92. The molecule has 3 rings (SSSR count). The van der Waals surface area contributed by atoms with Crippen molar-refractivity contribution in [2.45, 2.75) is 19.0 Å². The zero-order valence-electron chi connectivity index (χ0n) is 13.8. The number of primary amides is 1.